The molecule has 0 saturated carbocycles. The number of rotatable bonds is 6. The maximum atomic E-state index is 11.2. The monoisotopic (exact) mass is 226 g/mol. The topological polar surface area (TPSA) is 66.5 Å². The molecule has 0 spiro atoms. The van der Waals surface area contributed by atoms with Crippen LogP contribution < -0.4 is 5.32 Å². The molecule has 1 saturated heterocycles. The molecule has 5 heteroatoms. The van der Waals surface area contributed by atoms with Crippen LogP contribution in [0.25, 0.3) is 0 Å². The third kappa shape index (κ3) is 3.64. The van der Waals surface area contributed by atoms with Gasteiger partial charge in [0.15, 0.2) is 0 Å². The second-order valence-electron chi connectivity index (χ2n) is 3.89. The maximum Gasteiger partial charge on any atom is 0.229 e. The van der Waals surface area contributed by atoms with Crippen LogP contribution in [-0.4, -0.2) is 35.7 Å². The highest BCUT2D eigenvalue weighted by Crippen LogP contribution is 2.12. The van der Waals surface area contributed by atoms with Crippen molar-refractivity contribution in [1.29, 1.82) is 0 Å². The number of carbonyl (C=O) groups is 3. The van der Waals surface area contributed by atoms with Crippen LogP contribution in [0.1, 0.15) is 39.0 Å². The minimum Gasteiger partial charge on any atom is -0.356 e. The highest BCUT2D eigenvalue weighted by atomic mass is 16.2. The van der Waals surface area contributed by atoms with E-state index >= 15 is 0 Å². The number of nitrogens with zero attached hydrogens (tertiary/aromatic N) is 1. The lowest BCUT2D eigenvalue weighted by Gasteiger charge is -2.12. The number of nitrogens with one attached hydrogen (secondary N) is 1. The first-order valence-electron chi connectivity index (χ1n) is 5.75. The molecule has 3 amide bonds. The summed E-state index contributed by atoms with van der Waals surface area (Å²) >= 11 is 0. The van der Waals surface area contributed by atoms with E-state index in [0.717, 1.165) is 6.42 Å². The van der Waals surface area contributed by atoms with E-state index in [9.17, 15) is 14.4 Å². The molecule has 0 aromatic heterocycles. The van der Waals surface area contributed by atoms with Crippen molar-refractivity contribution in [1.82, 2.24) is 10.2 Å². The van der Waals surface area contributed by atoms with Crippen LogP contribution in [-0.2, 0) is 14.4 Å². The number of hydrogen-bond donors (Lipinski definition) is 1. The highest BCUT2D eigenvalue weighted by Gasteiger charge is 2.28. The van der Waals surface area contributed by atoms with E-state index in [1.54, 1.807) is 0 Å². The lowest BCUT2D eigenvalue weighted by atomic mass is 10.2. The van der Waals surface area contributed by atoms with Crippen LogP contribution in [0.4, 0.5) is 0 Å². The molecule has 0 bridgehead atoms. The summed E-state index contributed by atoms with van der Waals surface area (Å²) in [6.07, 6.45) is 2.47. The molecule has 0 radical (unpaired) electrons. The molecule has 1 rings (SSSR count). The van der Waals surface area contributed by atoms with Crippen molar-refractivity contribution in [2.75, 3.05) is 13.1 Å². The minimum atomic E-state index is -0.112. The Morgan fingerprint density at radius 2 is 1.94 bits per heavy atom. The molecule has 5 nitrogen and oxygen atoms in total. The third-order valence-corrected chi connectivity index (χ3v) is 2.51. The van der Waals surface area contributed by atoms with Gasteiger partial charge in [-0.1, -0.05) is 6.92 Å². The zero-order chi connectivity index (χ0) is 12.0. The number of likely N-dealkylation sites (tertiary alicyclic amines) is 1. The molecular weight excluding hydrogens is 208 g/mol. The quantitative estimate of drug-likeness (QED) is 0.668. The predicted molar refractivity (Wildman–Crippen MR) is 58.5 cm³/mol. The van der Waals surface area contributed by atoms with E-state index in [1.807, 2.05) is 6.92 Å². The van der Waals surface area contributed by atoms with Crippen molar-refractivity contribution < 1.29 is 14.4 Å². The Labute approximate surface area is 95.2 Å². The number of carbonyl (C=O) groups excluding carboxylic acids is 3. The summed E-state index contributed by atoms with van der Waals surface area (Å²) in [7, 11) is 0. The van der Waals surface area contributed by atoms with Gasteiger partial charge in [-0.25, -0.2) is 0 Å². The molecule has 0 aromatic carbocycles. The molecule has 1 heterocycles. The molecule has 1 aliphatic heterocycles. The van der Waals surface area contributed by atoms with Gasteiger partial charge in [-0.15, -0.1) is 0 Å². The first-order chi connectivity index (χ1) is 7.65. The van der Waals surface area contributed by atoms with Crippen LogP contribution in [0.15, 0.2) is 0 Å². The molecule has 90 valence electrons. The molecule has 0 aliphatic carbocycles. The second kappa shape index (κ2) is 6.25. The average Bonchev–Trinajstić information content (AvgIpc) is 2.57. The molecule has 16 heavy (non-hydrogen) atoms. The maximum absolute atomic E-state index is 11.2. The van der Waals surface area contributed by atoms with Gasteiger partial charge in [0.2, 0.25) is 17.7 Å². The average molecular weight is 226 g/mol. The zero-order valence-corrected chi connectivity index (χ0v) is 9.62. The number of amides is 3. The SMILES string of the molecule is CCCNC(=O)CCCN1C(=O)CCC1=O. The highest BCUT2D eigenvalue weighted by molar-refractivity contribution is 6.01. The van der Waals surface area contributed by atoms with Gasteiger partial charge in [-0.3, -0.25) is 19.3 Å². The van der Waals surface area contributed by atoms with Gasteiger partial charge in [0, 0.05) is 32.4 Å². The third-order valence-electron chi connectivity index (χ3n) is 2.51. The Morgan fingerprint density at radius 3 is 2.50 bits per heavy atom. The molecule has 0 unspecified atom stereocenters. The number of hydrogen-bond acceptors (Lipinski definition) is 3. The summed E-state index contributed by atoms with van der Waals surface area (Å²) in [5.41, 5.74) is 0. The summed E-state index contributed by atoms with van der Waals surface area (Å²) in [5, 5.41) is 2.75. The number of imide groups is 1. The summed E-state index contributed by atoms with van der Waals surface area (Å²) in [5.74, 6) is -0.237. The van der Waals surface area contributed by atoms with Crippen molar-refractivity contribution in [3.63, 3.8) is 0 Å². The van der Waals surface area contributed by atoms with Gasteiger partial charge in [-0.2, -0.15) is 0 Å². The summed E-state index contributed by atoms with van der Waals surface area (Å²) in [6.45, 7) is 3.04. The second-order valence-corrected chi connectivity index (χ2v) is 3.89. The van der Waals surface area contributed by atoms with Gasteiger partial charge >= 0.3 is 0 Å². The Kier molecular flexibility index (Phi) is 4.95. The van der Waals surface area contributed by atoms with Gasteiger partial charge in [0.25, 0.3) is 0 Å². The smallest absolute Gasteiger partial charge is 0.229 e. The van der Waals surface area contributed by atoms with Gasteiger partial charge in [-0.05, 0) is 12.8 Å². The minimum absolute atomic E-state index is 0.0130. The first kappa shape index (κ1) is 12.7. The largest absolute Gasteiger partial charge is 0.356 e. The molecule has 1 fully saturated rings. The Bertz CT molecular complexity index is 273. The Morgan fingerprint density at radius 1 is 1.31 bits per heavy atom. The van der Waals surface area contributed by atoms with Crippen LogP contribution in [0, 0.1) is 0 Å². The van der Waals surface area contributed by atoms with Gasteiger partial charge in [0.1, 0.15) is 0 Å². The fourth-order valence-electron chi connectivity index (χ4n) is 1.62. The van der Waals surface area contributed by atoms with Crippen LogP contribution in [0.5, 0.6) is 0 Å². The fourth-order valence-corrected chi connectivity index (χ4v) is 1.62. The molecule has 1 N–H and O–H groups in total. The van der Waals surface area contributed by atoms with Crippen LogP contribution >= 0.6 is 0 Å². The predicted octanol–water partition coefficient (Wildman–Crippen LogP) is 0.442. The summed E-state index contributed by atoms with van der Waals surface area (Å²) in [4.78, 5) is 35.0. The summed E-state index contributed by atoms with van der Waals surface area (Å²) < 4.78 is 0. The normalized spacial score (nSPS) is 15.7. The van der Waals surface area contributed by atoms with Crippen molar-refractivity contribution in [2.24, 2.45) is 0 Å². The standard InChI is InChI=1S/C11H18N2O3/c1-2-7-12-9(14)4-3-8-13-10(15)5-6-11(13)16/h2-8H2,1H3,(H,12,14). The summed E-state index contributed by atoms with van der Waals surface area (Å²) in [6, 6.07) is 0. The van der Waals surface area contributed by atoms with Crippen molar-refractivity contribution in [2.45, 2.75) is 39.0 Å². The molecule has 0 aromatic rings. The lowest BCUT2D eigenvalue weighted by molar-refractivity contribution is -0.138. The van der Waals surface area contributed by atoms with Crippen molar-refractivity contribution in [3.8, 4) is 0 Å². The van der Waals surface area contributed by atoms with Crippen LogP contribution in [0.2, 0.25) is 0 Å². The Hall–Kier alpha value is -1.39. The zero-order valence-electron chi connectivity index (χ0n) is 9.62. The van der Waals surface area contributed by atoms with Crippen LogP contribution in [0.3, 0.4) is 0 Å². The van der Waals surface area contributed by atoms with E-state index < -0.39 is 0 Å². The van der Waals surface area contributed by atoms with Gasteiger partial charge in [0.05, 0.1) is 0 Å². The van der Waals surface area contributed by atoms with Crippen molar-refractivity contribution >= 4 is 17.7 Å². The van der Waals surface area contributed by atoms with E-state index in [1.165, 1.54) is 4.90 Å². The van der Waals surface area contributed by atoms with Crippen molar-refractivity contribution in [3.05, 3.63) is 0 Å². The first-order valence-corrected chi connectivity index (χ1v) is 5.75. The van der Waals surface area contributed by atoms with Gasteiger partial charge < -0.3 is 5.32 Å². The Balaban J connectivity index is 2.17. The molecular formula is C11H18N2O3. The molecule has 1 aliphatic rings. The van der Waals surface area contributed by atoms with E-state index in [-0.39, 0.29) is 17.7 Å². The van der Waals surface area contributed by atoms with E-state index in [0.29, 0.717) is 38.8 Å². The lowest BCUT2D eigenvalue weighted by Crippen LogP contribution is -2.31. The fraction of sp³-hybridized carbons (Fsp3) is 0.727. The molecule has 0 atom stereocenters. The van der Waals surface area contributed by atoms with E-state index in [4.69, 9.17) is 0 Å². The van der Waals surface area contributed by atoms with E-state index in [2.05, 4.69) is 5.32 Å².